The molecular formula is C28H41NO5. The number of allylic oxidation sites excluding steroid dienone is 6. The molecule has 0 aromatic carbocycles. The van der Waals surface area contributed by atoms with Gasteiger partial charge >= 0.3 is 0 Å². The lowest BCUT2D eigenvalue weighted by molar-refractivity contribution is 0.0564. The fourth-order valence-corrected chi connectivity index (χ4v) is 4.25. The lowest BCUT2D eigenvalue weighted by atomic mass is 9.87. The summed E-state index contributed by atoms with van der Waals surface area (Å²) in [7, 11) is 2.97. The van der Waals surface area contributed by atoms with Crippen LogP contribution in [0, 0.1) is 12.8 Å². The topological polar surface area (TPSA) is 84.1 Å². The quantitative estimate of drug-likeness (QED) is 0.263. The molecule has 0 saturated carbocycles. The molecule has 0 amide bonds. The molecule has 1 aliphatic rings. The van der Waals surface area contributed by atoms with Gasteiger partial charge in [-0.15, -0.1) is 0 Å². The Morgan fingerprint density at radius 2 is 1.94 bits per heavy atom. The van der Waals surface area contributed by atoms with Crippen molar-refractivity contribution in [3.05, 3.63) is 68.6 Å². The van der Waals surface area contributed by atoms with Crippen LogP contribution in [0.25, 0.3) is 0 Å². The van der Waals surface area contributed by atoms with Crippen molar-refractivity contribution in [3.63, 3.8) is 0 Å². The Hall–Kier alpha value is -2.57. The number of ether oxygens (including phenoxy) is 3. The van der Waals surface area contributed by atoms with Crippen LogP contribution in [0.4, 0.5) is 0 Å². The molecule has 0 aliphatic carbocycles. The van der Waals surface area contributed by atoms with Gasteiger partial charge < -0.3 is 24.3 Å². The summed E-state index contributed by atoms with van der Waals surface area (Å²) in [5.74, 6) is 0.517. The largest absolute Gasteiger partial charge is 0.488 e. The molecule has 2 heterocycles. The summed E-state index contributed by atoms with van der Waals surface area (Å²) >= 11 is 0. The number of aliphatic hydroxyl groups is 1. The average molecular weight is 472 g/mol. The molecule has 1 saturated heterocycles. The van der Waals surface area contributed by atoms with Gasteiger partial charge in [0.15, 0.2) is 0 Å². The Morgan fingerprint density at radius 3 is 2.53 bits per heavy atom. The minimum atomic E-state index is -0.565. The van der Waals surface area contributed by atoms with Crippen LogP contribution in [0.2, 0.25) is 0 Å². The van der Waals surface area contributed by atoms with E-state index in [0.717, 1.165) is 23.3 Å². The maximum absolute atomic E-state index is 12.5. The summed E-state index contributed by atoms with van der Waals surface area (Å²) in [4.78, 5) is 15.6. The summed E-state index contributed by atoms with van der Waals surface area (Å²) in [5.41, 5.74) is 4.21. The number of aromatic amines is 1. The number of methoxy groups -OCH3 is 2. The van der Waals surface area contributed by atoms with Crippen molar-refractivity contribution in [2.45, 2.75) is 79.1 Å². The minimum absolute atomic E-state index is 0.00349. The molecule has 188 valence electrons. The Balaban J connectivity index is 1.98. The zero-order valence-electron chi connectivity index (χ0n) is 22.1. The van der Waals surface area contributed by atoms with Gasteiger partial charge in [-0.05, 0) is 53.5 Å². The number of aromatic nitrogens is 1. The van der Waals surface area contributed by atoms with Crippen LogP contribution in [0.15, 0.2) is 51.9 Å². The van der Waals surface area contributed by atoms with E-state index in [0.29, 0.717) is 17.9 Å². The molecule has 1 aromatic rings. The summed E-state index contributed by atoms with van der Waals surface area (Å²) in [6, 6.07) is 0. The molecule has 0 radical (unpaired) electrons. The van der Waals surface area contributed by atoms with E-state index in [1.54, 1.807) is 6.92 Å². The zero-order chi connectivity index (χ0) is 25.6. The third-order valence-corrected chi connectivity index (χ3v) is 6.67. The van der Waals surface area contributed by atoms with Gasteiger partial charge in [0, 0.05) is 23.6 Å². The predicted molar refractivity (Wildman–Crippen MR) is 138 cm³/mol. The highest BCUT2D eigenvalue weighted by atomic mass is 16.6. The number of hydrogen-bond acceptors (Lipinski definition) is 5. The maximum Gasteiger partial charge on any atom is 0.238 e. The van der Waals surface area contributed by atoms with Gasteiger partial charge in [0.25, 0.3) is 0 Å². The number of pyridine rings is 1. The number of hydrogen-bond donors (Lipinski definition) is 2. The van der Waals surface area contributed by atoms with Crippen LogP contribution in [0.3, 0.4) is 0 Å². The van der Waals surface area contributed by atoms with Crippen LogP contribution < -0.4 is 14.9 Å². The Kier molecular flexibility index (Phi) is 9.54. The van der Waals surface area contributed by atoms with Crippen molar-refractivity contribution in [2.24, 2.45) is 5.92 Å². The van der Waals surface area contributed by atoms with Crippen LogP contribution >= 0.6 is 0 Å². The van der Waals surface area contributed by atoms with E-state index < -0.39 is 11.7 Å². The Bertz CT molecular complexity index is 1050. The predicted octanol–water partition coefficient (Wildman–Crippen LogP) is 5.20. The lowest BCUT2D eigenvalue weighted by Gasteiger charge is -2.21. The second-order valence-corrected chi connectivity index (χ2v) is 9.41. The van der Waals surface area contributed by atoms with Crippen LogP contribution in [-0.4, -0.2) is 42.1 Å². The smallest absolute Gasteiger partial charge is 0.238 e. The summed E-state index contributed by atoms with van der Waals surface area (Å²) < 4.78 is 16.3. The SMILES string of the molecule is CC=C(C)C1OC1(C)C(O)C(C)C=C(C)C=CCC(C)=CCc1[nH]c(OC)c(OC)c(=O)c1C. The van der Waals surface area contributed by atoms with E-state index in [4.69, 9.17) is 14.2 Å². The third-order valence-electron chi connectivity index (χ3n) is 6.67. The highest BCUT2D eigenvalue weighted by molar-refractivity contribution is 5.40. The van der Waals surface area contributed by atoms with E-state index in [-0.39, 0.29) is 23.2 Å². The number of rotatable bonds is 11. The van der Waals surface area contributed by atoms with E-state index in [2.05, 4.69) is 36.2 Å². The first-order valence-corrected chi connectivity index (χ1v) is 11.8. The molecule has 2 N–H and O–H groups in total. The first kappa shape index (κ1) is 27.7. The van der Waals surface area contributed by atoms with Gasteiger partial charge in [-0.1, -0.05) is 48.5 Å². The molecule has 4 atom stereocenters. The molecule has 4 unspecified atom stereocenters. The zero-order valence-corrected chi connectivity index (χ0v) is 22.1. The van der Waals surface area contributed by atoms with Crippen molar-refractivity contribution in [3.8, 4) is 11.6 Å². The van der Waals surface area contributed by atoms with Gasteiger partial charge in [-0.25, -0.2) is 0 Å². The van der Waals surface area contributed by atoms with E-state index in [1.165, 1.54) is 19.8 Å². The van der Waals surface area contributed by atoms with Crippen molar-refractivity contribution >= 4 is 0 Å². The van der Waals surface area contributed by atoms with E-state index >= 15 is 0 Å². The van der Waals surface area contributed by atoms with Crippen molar-refractivity contribution in [1.82, 2.24) is 4.98 Å². The van der Waals surface area contributed by atoms with Crippen LogP contribution in [0.1, 0.15) is 59.2 Å². The number of epoxide rings is 1. The van der Waals surface area contributed by atoms with Crippen molar-refractivity contribution < 1.29 is 19.3 Å². The third kappa shape index (κ3) is 6.30. The number of H-pyrrole nitrogens is 1. The molecular weight excluding hydrogens is 430 g/mol. The van der Waals surface area contributed by atoms with Gasteiger partial charge in [-0.3, -0.25) is 4.79 Å². The number of nitrogens with one attached hydrogen (secondary N) is 1. The summed E-state index contributed by atoms with van der Waals surface area (Å²) in [5, 5.41) is 10.8. The maximum atomic E-state index is 12.5. The first-order valence-electron chi connectivity index (χ1n) is 11.8. The lowest BCUT2D eigenvalue weighted by Crippen LogP contribution is -2.34. The van der Waals surface area contributed by atoms with Crippen molar-refractivity contribution in [1.29, 1.82) is 0 Å². The first-order chi connectivity index (χ1) is 16.0. The average Bonchev–Trinajstić information content (AvgIpc) is 3.51. The molecule has 0 spiro atoms. The molecule has 1 aromatic heterocycles. The summed E-state index contributed by atoms with van der Waals surface area (Å²) in [6.07, 6.45) is 11.3. The normalized spacial score (nSPS) is 23.2. The van der Waals surface area contributed by atoms with E-state index in [1.807, 2.05) is 40.7 Å². The molecule has 6 nitrogen and oxygen atoms in total. The van der Waals surface area contributed by atoms with Crippen LogP contribution in [-0.2, 0) is 11.2 Å². The Labute approximate surface area is 204 Å². The van der Waals surface area contributed by atoms with Crippen molar-refractivity contribution in [2.75, 3.05) is 14.2 Å². The highest BCUT2D eigenvalue weighted by Gasteiger charge is 2.58. The second-order valence-electron chi connectivity index (χ2n) is 9.41. The summed E-state index contributed by atoms with van der Waals surface area (Å²) in [6.45, 7) is 13.9. The molecule has 2 rings (SSSR count). The van der Waals surface area contributed by atoms with Gasteiger partial charge in [0.2, 0.25) is 17.1 Å². The van der Waals surface area contributed by atoms with Gasteiger partial charge in [-0.2, -0.15) is 0 Å². The fourth-order valence-electron chi connectivity index (χ4n) is 4.25. The molecule has 6 heteroatoms. The highest BCUT2D eigenvalue weighted by Crippen LogP contribution is 2.45. The minimum Gasteiger partial charge on any atom is -0.488 e. The molecule has 0 bridgehead atoms. The molecule has 1 aliphatic heterocycles. The second kappa shape index (κ2) is 11.7. The van der Waals surface area contributed by atoms with Gasteiger partial charge in [0.1, 0.15) is 11.7 Å². The fraction of sp³-hybridized carbons (Fsp3) is 0.536. The monoisotopic (exact) mass is 471 g/mol. The van der Waals surface area contributed by atoms with Gasteiger partial charge in [0.05, 0.1) is 20.3 Å². The molecule has 34 heavy (non-hydrogen) atoms. The molecule has 1 fully saturated rings. The standard InChI is InChI=1S/C28H41NO5/c1-10-19(4)26-28(7,34-26)25(31)20(5)16-18(3)13-11-12-17(2)14-15-22-21(6)23(30)24(32-8)27(29-22)33-9/h10-11,13-14,16,20,25-26,31H,12,15H2,1-9H3,(H,29,30). The van der Waals surface area contributed by atoms with Crippen LogP contribution in [0.5, 0.6) is 11.6 Å². The number of aliphatic hydroxyl groups excluding tert-OH is 1. The Morgan fingerprint density at radius 1 is 1.26 bits per heavy atom. The van der Waals surface area contributed by atoms with E-state index in [9.17, 15) is 9.90 Å².